The number of carboxylic acid groups (broad SMARTS) is 1. The normalized spacial score (nSPS) is 21.6. The first-order chi connectivity index (χ1) is 12.0. The molecule has 8 heteroatoms. The summed E-state index contributed by atoms with van der Waals surface area (Å²) < 4.78 is 10.7. The summed E-state index contributed by atoms with van der Waals surface area (Å²) in [6.45, 7) is 2.24. The number of rotatable bonds is 3. The molecule has 0 bridgehead atoms. The first kappa shape index (κ1) is 15.9. The van der Waals surface area contributed by atoms with Crippen LogP contribution in [0.15, 0.2) is 24.4 Å². The van der Waals surface area contributed by atoms with Crippen LogP contribution in [-0.4, -0.2) is 45.7 Å². The summed E-state index contributed by atoms with van der Waals surface area (Å²) in [5, 5.41) is 10.2. The number of benzene rings is 1. The molecule has 1 aromatic heterocycles. The van der Waals surface area contributed by atoms with Crippen LogP contribution < -0.4 is 9.47 Å². The number of amides is 1. The van der Waals surface area contributed by atoms with Gasteiger partial charge in [0.15, 0.2) is 11.5 Å². The largest absolute Gasteiger partial charge is 0.480 e. The zero-order valence-electron chi connectivity index (χ0n) is 13.5. The Labute approximate surface area is 147 Å². The summed E-state index contributed by atoms with van der Waals surface area (Å²) in [7, 11) is 0. The van der Waals surface area contributed by atoms with Crippen LogP contribution in [0.1, 0.15) is 29.4 Å². The van der Waals surface area contributed by atoms with Gasteiger partial charge >= 0.3 is 5.97 Å². The highest BCUT2D eigenvalue weighted by Gasteiger charge is 2.46. The number of carbonyl (C=O) groups is 2. The molecule has 1 aromatic carbocycles. The number of nitrogens with zero attached hydrogens (tertiary/aromatic N) is 2. The zero-order valence-corrected chi connectivity index (χ0v) is 14.3. The number of likely N-dealkylation sites (tertiary alicyclic amines) is 1. The van der Waals surface area contributed by atoms with Crippen LogP contribution in [0, 0.1) is 0 Å². The fraction of sp³-hybridized carbons (Fsp3) is 0.353. The minimum absolute atomic E-state index is 0.198. The highest BCUT2D eigenvalue weighted by molar-refractivity contribution is 7.16. The lowest BCUT2D eigenvalue weighted by Crippen LogP contribution is -2.50. The van der Waals surface area contributed by atoms with Gasteiger partial charge in [-0.25, -0.2) is 9.78 Å². The molecule has 2 aliphatic heterocycles. The van der Waals surface area contributed by atoms with Gasteiger partial charge in [-0.15, -0.1) is 11.3 Å². The number of ether oxygens (including phenoxy) is 2. The summed E-state index contributed by atoms with van der Waals surface area (Å²) in [5.41, 5.74) is -0.323. The van der Waals surface area contributed by atoms with Crippen molar-refractivity contribution >= 4 is 23.2 Å². The second-order valence-corrected chi connectivity index (χ2v) is 7.27. The third-order valence-corrected chi connectivity index (χ3v) is 5.72. The third-order valence-electron chi connectivity index (χ3n) is 4.68. The van der Waals surface area contributed by atoms with Crippen LogP contribution in [0.25, 0.3) is 10.6 Å². The van der Waals surface area contributed by atoms with Crippen LogP contribution in [-0.2, 0) is 4.79 Å². The SMILES string of the molecule is CC1(C(=O)O)CCCN1C(=O)c1cnc(-c2ccc3c(c2)OCO3)s1. The lowest BCUT2D eigenvalue weighted by molar-refractivity contribution is -0.147. The Morgan fingerprint density at radius 2 is 2.12 bits per heavy atom. The van der Waals surface area contributed by atoms with Gasteiger partial charge in [-0.1, -0.05) is 0 Å². The lowest BCUT2D eigenvalue weighted by Gasteiger charge is -2.30. The molecule has 2 aliphatic rings. The van der Waals surface area contributed by atoms with Gasteiger partial charge < -0.3 is 19.5 Å². The van der Waals surface area contributed by atoms with E-state index < -0.39 is 11.5 Å². The average Bonchev–Trinajstić information content (AvgIpc) is 3.33. The Hall–Kier alpha value is -2.61. The first-order valence-electron chi connectivity index (χ1n) is 7.90. The monoisotopic (exact) mass is 360 g/mol. The minimum Gasteiger partial charge on any atom is -0.480 e. The quantitative estimate of drug-likeness (QED) is 0.905. The Bertz CT molecular complexity index is 864. The molecule has 3 heterocycles. The Morgan fingerprint density at radius 1 is 1.32 bits per heavy atom. The van der Waals surface area contributed by atoms with Crippen molar-refractivity contribution in [3.63, 3.8) is 0 Å². The molecule has 0 saturated carbocycles. The van der Waals surface area contributed by atoms with Gasteiger partial charge in [-0.05, 0) is 38.0 Å². The van der Waals surface area contributed by atoms with Crippen molar-refractivity contribution in [2.24, 2.45) is 0 Å². The second kappa shape index (κ2) is 5.73. The van der Waals surface area contributed by atoms with Crippen molar-refractivity contribution in [3.8, 4) is 22.1 Å². The number of thiazole rings is 1. The number of carbonyl (C=O) groups excluding carboxylic acids is 1. The van der Waals surface area contributed by atoms with Gasteiger partial charge in [-0.2, -0.15) is 0 Å². The van der Waals surface area contributed by atoms with Gasteiger partial charge in [-0.3, -0.25) is 4.79 Å². The van der Waals surface area contributed by atoms with E-state index in [4.69, 9.17) is 9.47 Å². The fourth-order valence-electron chi connectivity index (χ4n) is 3.18. The van der Waals surface area contributed by atoms with Crippen LogP contribution >= 0.6 is 11.3 Å². The number of hydrogen-bond donors (Lipinski definition) is 1. The van der Waals surface area contributed by atoms with Crippen molar-refractivity contribution in [2.75, 3.05) is 13.3 Å². The van der Waals surface area contributed by atoms with E-state index in [9.17, 15) is 14.7 Å². The zero-order chi connectivity index (χ0) is 17.6. The molecule has 0 radical (unpaired) electrons. The average molecular weight is 360 g/mol. The first-order valence-corrected chi connectivity index (χ1v) is 8.72. The predicted molar refractivity (Wildman–Crippen MR) is 90.0 cm³/mol. The molecular weight excluding hydrogens is 344 g/mol. The standard InChI is InChI=1S/C17H16N2O5S/c1-17(16(21)22)5-2-6-19(17)15(20)13-8-18-14(25-13)10-3-4-11-12(7-10)24-9-23-11/h3-4,7-8H,2,5-6,9H2,1H3,(H,21,22). The Morgan fingerprint density at radius 3 is 2.92 bits per heavy atom. The molecule has 2 aromatic rings. The smallest absolute Gasteiger partial charge is 0.329 e. The van der Waals surface area contributed by atoms with E-state index in [2.05, 4.69) is 4.98 Å². The molecule has 1 fully saturated rings. The van der Waals surface area contributed by atoms with Gasteiger partial charge in [0, 0.05) is 12.1 Å². The maximum absolute atomic E-state index is 12.8. The van der Waals surface area contributed by atoms with E-state index in [0.717, 1.165) is 5.56 Å². The molecule has 0 aliphatic carbocycles. The van der Waals surface area contributed by atoms with E-state index in [1.165, 1.54) is 22.4 Å². The van der Waals surface area contributed by atoms with Crippen LogP contribution in [0.5, 0.6) is 11.5 Å². The number of aliphatic carboxylic acids is 1. The number of hydrogen-bond acceptors (Lipinski definition) is 6. The molecule has 0 spiro atoms. The Balaban J connectivity index is 1.61. The molecule has 7 nitrogen and oxygen atoms in total. The van der Waals surface area contributed by atoms with Gasteiger partial charge in [0.1, 0.15) is 15.4 Å². The van der Waals surface area contributed by atoms with E-state index in [1.807, 2.05) is 18.2 Å². The molecule has 25 heavy (non-hydrogen) atoms. The van der Waals surface area contributed by atoms with Crippen molar-refractivity contribution in [3.05, 3.63) is 29.3 Å². The van der Waals surface area contributed by atoms with Crippen LogP contribution in [0.3, 0.4) is 0 Å². The minimum atomic E-state index is -1.15. The van der Waals surface area contributed by atoms with Crippen molar-refractivity contribution in [1.82, 2.24) is 9.88 Å². The molecule has 1 amide bonds. The number of aromatic nitrogens is 1. The summed E-state index contributed by atoms with van der Waals surface area (Å²) in [6.07, 6.45) is 2.65. The van der Waals surface area contributed by atoms with Gasteiger partial charge in [0.05, 0.1) is 6.20 Å². The van der Waals surface area contributed by atoms with Crippen molar-refractivity contribution in [2.45, 2.75) is 25.3 Å². The molecule has 4 rings (SSSR count). The van der Waals surface area contributed by atoms with Crippen LogP contribution in [0.2, 0.25) is 0 Å². The molecular formula is C17H16N2O5S. The third kappa shape index (κ3) is 2.53. The molecule has 1 unspecified atom stereocenters. The van der Waals surface area contributed by atoms with E-state index in [-0.39, 0.29) is 12.7 Å². The van der Waals surface area contributed by atoms with Crippen LogP contribution in [0.4, 0.5) is 0 Å². The highest BCUT2D eigenvalue weighted by atomic mass is 32.1. The summed E-state index contributed by atoms with van der Waals surface area (Å²) in [6, 6.07) is 5.49. The summed E-state index contributed by atoms with van der Waals surface area (Å²) in [4.78, 5) is 30.6. The lowest BCUT2D eigenvalue weighted by atomic mass is 9.99. The van der Waals surface area contributed by atoms with E-state index in [0.29, 0.717) is 40.8 Å². The summed E-state index contributed by atoms with van der Waals surface area (Å²) in [5.74, 6) is 0.0789. The maximum atomic E-state index is 12.8. The topological polar surface area (TPSA) is 89.0 Å². The van der Waals surface area contributed by atoms with Crippen molar-refractivity contribution in [1.29, 1.82) is 0 Å². The maximum Gasteiger partial charge on any atom is 0.329 e. The van der Waals surface area contributed by atoms with Gasteiger partial charge in [0.25, 0.3) is 5.91 Å². The molecule has 130 valence electrons. The van der Waals surface area contributed by atoms with Crippen molar-refractivity contribution < 1.29 is 24.2 Å². The summed E-state index contributed by atoms with van der Waals surface area (Å²) >= 11 is 1.25. The van der Waals surface area contributed by atoms with E-state index in [1.54, 1.807) is 6.92 Å². The Kier molecular flexibility index (Phi) is 3.64. The second-order valence-electron chi connectivity index (χ2n) is 6.24. The highest BCUT2D eigenvalue weighted by Crippen LogP contribution is 2.38. The number of fused-ring (bicyclic) bond motifs is 1. The number of carboxylic acids is 1. The molecule has 1 atom stereocenters. The molecule has 1 N–H and O–H groups in total. The van der Waals surface area contributed by atoms with E-state index >= 15 is 0 Å². The predicted octanol–water partition coefficient (Wildman–Crippen LogP) is 2.62. The van der Waals surface area contributed by atoms with Gasteiger partial charge in [0.2, 0.25) is 6.79 Å². The fourth-order valence-corrected chi connectivity index (χ4v) is 4.04. The molecule has 1 saturated heterocycles.